The first-order valence-corrected chi connectivity index (χ1v) is 6.89. The number of aromatic nitrogens is 4. The third kappa shape index (κ3) is 2.53. The molecule has 0 fully saturated rings. The molecule has 3 rings (SSSR count). The summed E-state index contributed by atoms with van der Waals surface area (Å²) in [6.45, 7) is 2.60. The van der Waals surface area contributed by atoms with E-state index in [4.69, 9.17) is 0 Å². The Balaban J connectivity index is 1.76. The predicted octanol–water partition coefficient (Wildman–Crippen LogP) is 2.78. The number of nitrogens with zero attached hydrogens (tertiary/aromatic N) is 4. The Kier molecular flexibility index (Phi) is 3.42. The van der Waals surface area contributed by atoms with Crippen molar-refractivity contribution in [1.82, 2.24) is 19.7 Å². The quantitative estimate of drug-likeness (QED) is 0.802. The van der Waals surface area contributed by atoms with Gasteiger partial charge in [0.15, 0.2) is 5.82 Å². The van der Waals surface area contributed by atoms with E-state index >= 15 is 0 Å². The molecule has 0 aliphatic carbocycles. The first kappa shape index (κ1) is 12.7. The molecular formula is C13H12FN5S. The van der Waals surface area contributed by atoms with E-state index in [1.54, 1.807) is 22.9 Å². The van der Waals surface area contributed by atoms with E-state index in [0.717, 1.165) is 16.3 Å². The third-order valence-electron chi connectivity index (χ3n) is 2.91. The van der Waals surface area contributed by atoms with E-state index in [1.807, 2.05) is 13.0 Å². The van der Waals surface area contributed by atoms with Crippen LogP contribution < -0.4 is 5.32 Å². The van der Waals surface area contributed by atoms with Crippen LogP contribution in [0, 0.1) is 12.7 Å². The monoisotopic (exact) mass is 289 g/mol. The highest BCUT2D eigenvalue weighted by atomic mass is 32.1. The number of rotatable bonds is 4. The topological polar surface area (TPSA) is 55.6 Å². The average Bonchev–Trinajstić information content (AvgIpc) is 3.08. The van der Waals surface area contributed by atoms with Crippen molar-refractivity contribution in [2.75, 3.05) is 5.32 Å². The number of benzene rings is 1. The fraction of sp³-hybridized carbons (Fsp3) is 0.154. The lowest BCUT2D eigenvalue weighted by molar-refractivity contribution is 0.611. The van der Waals surface area contributed by atoms with E-state index in [1.165, 1.54) is 23.4 Å². The summed E-state index contributed by atoms with van der Waals surface area (Å²) in [5.41, 5.74) is 3.91. The number of aryl methyl sites for hydroxylation is 1. The minimum Gasteiger partial charge on any atom is -0.380 e. The molecule has 0 unspecified atom stereocenters. The van der Waals surface area contributed by atoms with E-state index in [-0.39, 0.29) is 5.82 Å². The Labute approximate surface area is 119 Å². The lowest BCUT2D eigenvalue weighted by Gasteiger charge is -2.08. The molecule has 2 aromatic heterocycles. The van der Waals surface area contributed by atoms with Gasteiger partial charge in [-0.1, -0.05) is 0 Å². The van der Waals surface area contributed by atoms with E-state index in [9.17, 15) is 4.39 Å². The maximum absolute atomic E-state index is 14.0. The number of nitrogens with one attached hydrogen (secondary N) is 1. The van der Waals surface area contributed by atoms with E-state index in [0.29, 0.717) is 12.2 Å². The Hall–Kier alpha value is -2.28. The Morgan fingerprint density at radius 2 is 2.30 bits per heavy atom. The highest BCUT2D eigenvalue weighted by Gasteiger charge is 2.07. The standard InChI is InChI=1S/C13H12FN5S/c1-9-13(20-8-17-9)5-16-10-2-3-12(11(14)4-10)19-7-15-6-18-19/h2-4,6-8,16H,5H2,1H3. The molecule has 0 atom stereocenters. The molecule has 3 aromatic rings. The van der Waals surface area contributed by atoms with Crippen molar-refractivity contribution in [2.45, 2.75) is 13.5 Å². The number of halogens is 1. The molecule has 7 heteroatoms. The van der Waals surface area contributed by atoms with Crippen molar-refractivity contribution in [3.8, 4) is 5.69 Å². The van der Waals surface area contributed by atoms with Crippen LogP contribution in [0.4, 0.5) is 10.1 Å². The zero-order chi connectivity index (χ0) is 13.9. The molecule has 0 amide bonds. The van der Waals surface area contributed by atoms with E-state index in [2.05, 4.69) is 20.4 Å². The Morgan fingerprint density at radius 1 is 1.40 bits per heavy atom. The minimum absolute atomic E-state index is 0.346. The van der Waals surface area contributed by atoms with Gasteiger partial charge in [0.2, 0.25) is 0 Å². The molecule has 0 spiro atoms. The highest BCUT2D eigenvalue weighted by molar-refractivity contribution is 7.09. The van der Waals surface area contributed by atoms with Gasteiger partial charge in [0.05, 0.1) is 17.7 Å². The summed E-state index contributed by atoms with van der Waals surface area (Å²) >= 11 is 1.58. The molecular weight excluding hydrogens is 277 g/mol. The van der Waals surface area contributed by atoms with Crippen LogP contribution in [0.5, 0.6) is 0 Å². The van der Waals surface area contributed by atoms with E-state index < -0.39 is 0 Å². The molecule has 102 valence electrons. The second-order valence-corrected chi connectivity index (χ2v) is 5.16. The number of hydrogen-bond donors (Lipinski definition) is 1. The zero-order valence-corrected chi connectivity index (χ0v) is 11.6. The molecule has 0 bridgehead atoms. The molecule has 0 aliphatic heterocycles. The van der Waals surface area contributed by atoms with Crippen molar-refractivity contribution < 1.29 is 4.39 Å². The predicted molar refractivity (Wildman–Crippen MR) is 75.5 cm³/mol. The first-order chi connectivity index (χ1) is 9.74. The van der Waals surface area contributed by atoms with Crippen molar-refractivity contribution in [3.63, 3.8) is 0 Å². The average molecular weight is 289 g/mol. The van der Waals surface area contributed by atoms with Crippen LogP contribution in [0.15, 0.2) is 36.4 Å². The minimum atomic E-state index is -0.346. The van der Waals surface area contributed by atoms with Crippen LogP contribution in [-0.4, -0.2) is 19.7 Å². The van der Waals surface area contributed by atoms with Gasteiger partial charge in [-0.2, -0.15) is 5.10 Å². The lowest BCUT2D eigenvalue weighted by Crippen LogP contribution is -2.02. The van der Waals surface area contributed by atoms with Gasteiger partial charge in [0.25, 0.3) is 0 Å². The van der Waals surface area contributed by atoms with Crippen LogP contribution in [0.3, 0.4) is 0 Å². The summed E-state index contributed by atoms with van der Waals surface area (Å²) in [7, 11) is 0. The second-order valence-electron chi connectivity index (χ2n) is 4.22. The zero-order valence-electron chi connectivity index (χ0n) is 10.7. The summed E-state index contributed by atoms with van der Waals surface area (Å²) < 4.78 is 15.4. The van der Waals surface area contributed by atoms with Crippen molar-refractivity contribution in [1.29, 1.82) is 0 Å². The molecule has 5 nitrogen and oxygen atoms in total. The van der Waals surface area contributed by atoms with Crippen LogP contribution in [-0.2, 0) is 6.54 Å². The summed E-state index contributed by atoms with van der Waals surface area (Å²) in [4.78, 5) is 9.13. The molecule has 1 N–H and O–H groups in total. The number of hydrogen-bond acceptors (Lipinski definition) is 5. The summed E-state index contributed by atoms with van der Waals surface area (Å²) in [6.07, 6.45) is 2.84. The molecule has 0 aliphatic rings. The van der Waals surface area contributed by atoms with Crippen LogP contribution in [0.2, 0.25) is 0 Å². The summed E-state index contributed by atoms with van der Waals surface area (Å²) in [5, 5.41) is 7.10. The summed E-state index contributed by atoms with van der Waals surface area (Å²) in [5.74, 6) is -0.346. The molecule has 1 aromatic carbocycles. The highest BCUT2D eigenvalue weighted by Crippen LogP contribution is 2.19. The number of thiazole rings is 1. The fourth-order valence-corrected chi connectivity index (χ4v) is 2.53. The van der Waals surface area contributed by atoms with Crippen molar-refractivity contribution in [3.05, 3.63) is 52.8 Å². The van der Waals surface area contributed by atoms with Gasteiger partial charge in [0.1, 0.15) is 18.3 Å². The number of anilines is 1. The van der Waals surface area contributed by atoms with Gasteiger partial charge in [-0.15, -0.1) is 11.3 Å². The first-order valence-electron chi connectivity index (χ1n) is 6.01. The molecule has 0 radical (unpaired) electrons. The molecule has 0 saturated carbocycles. The Bertz CT molecular complexity index is 707. The third-order valence-corrected chi connectivity index (χ3v) is 3.85. The second kappa shape index (κ2) is 5.38. The van der Waals surface area contributed by atoms with Gasteiger partial charge in [-0.3, -0.25) is 0 Å². The molecule has 0 saturated heterocycles. The largest absolute Gasteiger partial charge is 0.380 e. The van der Waals surface area contributed by atoms with Crippen molar-refractivity contribution in [2.24, 2.45) is 0 Å². The fourth-order valence-electron chi connectivity index (χ4n) is 1.81. The molecule has 2 heterocycles. The SMILES string of the molecule is Cc1ncsc1CNc1ccc(-n2cncn2)c(F)c1. The van der Waals surface area contributed by atoms with Gasteiger partial charge in [0, 0.05) is 10.6 Å². The van der Waals surface area contributed by atoms with Gasteiger partial charge >= 0.3 is 0 Å². The Morgan fingerprint density at radius 3 is 2.95 bits per heavy atom. The van der Waals surface area contributed by atoms with Crippen LogP contribution in [0.1, 0.15) is 10.6 Å². The smallest absolute Gasteiger partial charge is 0.150 e. The summed E-state index contributed by atoms with van der Waals surface area (Å²) in [6, 6.07) is 4.94. The van der Waals surface area contributed by atoms with Gasteiger partial charge < -0.3 is 5.32 Å². The maximum atomic E-state index is 14.0. The van der Waals surface area contributed by atoms with Crippen LogP contribution in [0.25, 0.3) is 5.69 Å². The maximum Gasteiger partial charge on any atom is 0.150 e. The van der Waals surface area contributed by atoms with Gasteiger partial charge in [-0.25, -0.2) is 19.0 Å². The lowest BCUT2D eigenvalue weighted by atomic mass is 10.2. The molecule has 20 heavy (non-hydrogen) atoms. The normalized spacial score (nSPS) is 10.7. The van der Waals surface area contributed by atoms with Crippen molar-refractivity contribution >= 4 is 17.0 Å². The van der Waals surface area contributed by atoms with Gasteiger partial charge in [-0.05, 0) is 25.1 Å². The van der Waals surface area contributed by atoms with Crippen LogP contribution >= 0.6 is 11.3 Å².